The zero-order valence-electron chi connectivity index (χ0n) is 21.7. The van der Waals surface area contributed by atoms with Gasteiger partial charge in [0, 0.05) is 36.4 Å². The number of benzene rings is 1. The van der Waals surface area contributed by atoms with E-state index in [2.05, 4.69) is 32.4 Å². The minimum Gasteiger partial charge on any atom is -0.374 e. The summed E-state index contributed by atoms with van der Waals surface area (Å²) >= 11 is 1.65. The van der Waals surface area contributed by atoms with Gasteiger partial charge in [0.15, 0.2) is 0 Å². The number of ether oxygens (including phenoxy) is 1. The van der Waals surface area contributed by atoms with E-state index < -0.39 is 0 Å². The van der Waals surface area contributed by atoms with Gasteiger partial charge in [0.2, 0.25) is 5.91 Å². The summed E-state index contributed by atoms with van der Waals surface area (Å²) in [7, 11) is 3.97. The molecule has 0 saturated heterocycles. The van der Waals surface area contributed by atoms with Crippen molar-refractivity contribution in [3.63, 3.8) is 0 Å². The highest BCUT2D eigenvalue weighted by molar-refractivity contribution is 7.19. The topological polar surface area (TPSA) is 83.5 Å². The van der Waals surface area contributed by atoms with Crippen LogP contribution in [-0.4, -0.2) is 64.5 Å². The second-order valence-corrected chi connectivity index (χ2v) is 10.6. The molecule has 5 rings (SSSR count). The number of rotatable bonds is 10. The molecule has 8 nitrogen and oxygen atoms in total. The average Bonchev–Trinajstić information content (AvgIpc) is 3.32. The first-order chi connectivity index (χ1) is 18.6. The van der Waals surface area contributed by atoms with Crippen LogP contribution >= 0.6 is 11.3 Å². The Morgan fingerprint density at radius 3 is 2.79 bits per heavy atom. The average molecular weight is 529 g/mol. The fourth-order valence-electron chi connectivity index (χ4n) is 4.54. The molecule has 0 saturated carbocycles. The molecule has 1 atom stereocenters. The highest BCUT2D eigenvalue weighted by Gasteiger charge is 2.26. The Hall–Kier alpha value is -3.66. The number of nitrogens with one attached hydrogen (secondary N) is 1. The summed E-state index contributed by atoms with van der Waals surface area (Å²) < 4.78 is 6.12. The van der Waals surface area contributed by atoms with Gasteiger partial charge >= 0.3 is 0 Å². The predicted octanol–water partition coefficient (Wildman–Crippen LogP) is 4.46. The molecule has 1 aliphatic heterocycles. The number of pyridine rings is 1. The van der Waals surface area contributed by atoms with Crippen LogP contribution < -0.4 is 5.32 Å². The highest BCUT2D eigenvalue weighted by Crippen LogP contribution is 2.38. The van der Waals surface area contributed by atoms with Gasteiger partial charge in [0.05, 0.1) is 31.2 Å². The molecule has 1 N–H and O–H groups in total. The number of likely N-dealkylation sites (N-methyl/N-ethyl adjacent to an activating group) is 1. The molecular weight excluding hydrogens is 496 g/mol. The molecular formula is C29H32N6O2S. The normalized spacial score (nSPS) is 14.2. The van der Waals surface area contributed by atoms with E-state index in [1.54, 1.807) is 36.1 Å². The van der Waals surface area contributed by atoms with Gasteiger partial charge in [-0.15, -0.1) is 11.3 Å². The van der Waals surface area contributed by atoms with Crippen LogP contribution in [0.1, 0.15) is 27.6 Å². The number of carbonyl (C=O) groups excluding carboxylic acids is 1. The van der Waals surface area contributed by atoms with Crippen LogP contribution in [0.3, 0.4) is 0 Å². The van der Waals surface area contributed by atoms with Crippen LogP contribution in [-0.2, 0) is 29.1 Å². The molecule has 0 spiro atoms. The number of nitrogens with zero attached hydrogens (tertiary/aromatic N) is 5. The molecule has 1 amide bonds. The summed E-state index contributed by atoms with van der Waals surface area (Å²) in [5.74, 6) is 0.856. The fourth-order valence-corrected chi connectivity index (χ4v) is 5.74. The van der Waals surface area contributed by atoms with Crippen molar-refractivity contribution in [3.05, 3.63) is 94.9 Å². The van der Waals surface area contributed by atoms with Crippen molar-refractivity contribution in [2.24, 2.45) is 0 Å². The fraction of sp³-hybridized carbons (Fsp3) is 0.310. The first-order valence-corrected chi connectivity index (χ1v) is 13.5. The van der Waals surface area contributed by atoms with Crippen LogP contribution in [0.15, 0.2) is 73.3 Å². The van der Waals surface area contributed by atoms with Crippen LogP contribution in [0.5, 0.6) is 0 Å². The summed E-state index contributed by atoms with van der Waals surface area (Å²) in [5, 5.41) is 4.71. The van der Waals surface area contributed by atoms with Crippen LogP contribution in [0.4, 0.5) is 5.82 Å². The summed E-state index contributed by atoms with van der Waals surface area (Å²) in [5.41, 5.74) is 3.44. The smallest absolute Gasteiger partial charge is 0.246 e. The van der Waals surface area contributed by atoms with Crippen molar-refractivity contribution in [1.29, 1.82) is 0 Å². The van der Waals surface area contributed by atoms with Gasteiger partial charge in [-0.2, -0.15) is 0 Å². The molecule has 4 heterocycles. The van der Waals surface area contributed by atoms with Gasteiger partial charge in [-0.25, -0.2) is 9.97 Å². The molecule has 0 bridgehead atoms. The zero-order chi connectivity index (χ0) is 26.3. The SMILES string of the molecule is CN(C)C/C=C/C(=O)N1CCc2c(sc3ncnc(N[C@H](COCc4ccncc4)c4ccccc4)c23)C1. The van der Waals surface area contributed by atoms with Crippen molar-refractivity contribution in [2.45, 2.75) is 25.6 Å². The Morgan fingerprint density at radius 1 is 1.18 bits per heavy atom. The van der Waals surface area contributed by atoms with Gasteiger partial charge in [-0.05, 0) is 49.3 Å². The maximum Gasteiger partial charge on any atom is 0.246 e. The molecule has 9 heteroatoms. The van der Waals surface area contributed by atoms with Crippen molar-refractivity contribution in [3.8, 4) is 0 Å². The van der Waals surface area contributed by atoms with Crippen LogP contribution in [0.25, 0.3) is 10.2 Å². The Morgan fingerprint density at radius 2 is 2.00 bits per heavy atom. The third-order valence-corrected chi connectivity index (χ3v) is 7.62. The molecule has 0 fully saturated rings. The zero-order valence-corrected chi connectivity index (χ0v) is 22.5. The molecule has 0 unspecified atom stereocenters. The molecule has 196 valence electrons. The first kappa shape index (κ1) is 26.0. The lowest BCUT2D eigenvalue weighted by Gasteiger charge is -2.26. The second kappa shape index (κ2) is 12.3. The third-order valence-electron chi connectivity index (χ3n) is 6.50. The summed E-state index contributed by atoms with van der Waals surface area (Å²) in [6, 6.07) is 14.1. The van der Waals surface area contributed by atoms with E-state index in [1.165, 1.54) is 10.4 Å². The lowest BCUT2D eigenvalue weighted by molar-refractivity contribution is -0.126. The van der Waals surface area contributed by atoms with E-state index in [0.29, 0.717) is 26.3 Å². The Balaban J connectivity index is 1.35. The van der Waals surface area contributed by atoms with Crippen molar-refractivity contribution < 1.29 is 9.53 Å². The van der Waals surface area contributed by atoms with Gasteiger partial charge in [0.25, 0.3) is 0 Å². The molecule has 38 heavy (non-hydrogen) atoms. The number of fused-ring (bicyclic) bond motifs is 3. The minimum absolute atomic E-state index is 0.0508. The first-order valence-electron chi connectivity index (χ1n) is 12.7. The number of thiophene rings is 1. The molecule has 3 aromatic heterocycles. The Labute approximate surface area is 227 Å². The summed E-state index contributed by atoms with van der Waals surface area (Å²) in [6.07, 6.45) is 9.53. The molecule has 1 aromatic carbocycles. The standard InChI is InChI=1S/C29H32N6O2S/c1-34(2)15-6-9-26(36)35-16-12-23-25(17-35)38-29-27(23)28(31-20-32-29)33-24(22-7-4-3-5-8-22)19-37-18-21-10-13-30-14-11-21/h3-11,13-14,20,24H,12,15-19H2,1-2H3,(H,31,32,33)/b9-6+/t24-/m1/s1. The van der Waals surface area contributed by atoms with Gasteiger partial charge < -0.3 is 19.9 Å². The maximum absolute atomic E-state index is 12.7. The maximum atomic E-state index is 12.7. The predicted molar refractivity (Wildman–Crippen MR) is 151 cm³/mol. The molecule has 4 aromatic rings. The van der Waals surface area contributed by atoms with E-state index in [1.807, 2.05) is 60.3 Å². The van der Waals surface area contributed by atoms with Gasteiger partial charge in [0.1, 0.15) is 17.0 Å². The quantitative estimate of drug-likeness (QED) is 0.304. The van der Waals surface area contributed by atoms with Crippen molar-refractivity contribution in [2.75, 3.05) is 39.1 Å². The van der Waals surface area contributed by atoms with E-state index in [9.17, 15) is 4.79 Å². The lowest BCUT2D eigenvalue weighted by Crippen LogP contribution is -2.34. The van der Waals surface area contributed by atoms with E-state index >= 15 is 0 Å². The largest absolute Gasteiger partial charge is 0.374 e. The van der Waals surface area contributed by atoms with E-state index in [-0.39, 0.29) is 11.9 Å². The van der Waals surface area contributed by atoms with E-state index in [4.69, 9.17) is 4.74 Å². The second-order valence-electron chi connectivity index (χ2n) is 9.56. The molecule has 0 radical (unpaired) electrons. The highest BCUT2D eigenvalue weighted by atomic mass is 32.1. The van der Waals surface area contributed by atoms with E-state index in [0.717, 1.165) is 40.1 Å². The number of hydrogen-bond donors (Lipinski definition) is 1. The number of anilines is 1. The summed E-state index contributed by atoms with van der Waals surface area (Å²) in [4.78, 5) is 32.1. The molecule has 0 aliphatic carbocycles. The van der Waals surface area contributed by atoms with Crippen molar-refractivity contribution in [1.82, 2.24) is 24.8 Å². The van der Waals surface area contributed by atoms with Crippen molar-refractivity contribution >= 4 is 33.3 Å². The number of carbonyl (C=O) groups is 1. The third kappa shape index (κ3) is 6.24. The Bertz CT molecular complexity index is 1390. The lowest BCUT2D eigenvalue weighted by atomic mass is 10.0. The molecule has 1 aliphatic rings. The number of hydrogen-bond acceptors (Lipinski definition) is 8. The summed E-state index contributed by atoms with van der Waals surface area (Å²) in [6.45, 7) is 3.00. The number of amides is 1. The van der Waals surface area contributed by atoms with Gasteiger partial charge in [-0.1, -0.05) is 36.4 Å². The van der Waals surface area contributed by atoms with Gasteiger partial charge in [-0.3, -0.25) is 9.78 Å². The number of aromatic nitrogens is 3. The monoisotopic (exact) mass is 528 g/mol. The Kier molecular flexibility index (Phi) is 8.37. The minimum atomic E-state index is -0.0878. The van der Waals surface area contributed by atoms with Crippen LogP contribution in [0.2, 0.25) is 0 Å². The van der Waals surface area contributed by atoms with Crippen LogP contribution in [0, 0.1) is 0 Å².